The Morgan fingerprint density at radius 1 is 0.952 bits per heavy atom. The van der Waals surface area contributed by atoms with Crippen LogP contribution in [0.15, 0.2) is 79.1 Å². The molecule has 2 heterocycles. The van der Waals surface area contributed by atoms with Crippen molar-refractivity contribution in [1.29, 1.82) is 0 Å². The van der Waals surface area contributed by atoms with Crippen LogP contribution in [0.3, 0.4) is 0 Å². The summed E-state index contributed by atoms with van der Waals surface area (Å²) >= 11 is 0. The predicted octanol–water partition coefficient (Wildman–Crippen LogP) is 7.24. The summed E-state index contributed by atoms with van der Waals surface area (Å²) in [6.45, 7) is 7.31. The van der Waals surface area contributed by atoms with E-state index in [-0.39, 0.29) is 23.8 Å². The fourth-order valence-corrected chi connectivity index (χ4v) is 5.51. The lowest BCUT2D eigenvalue weighted by atomic mass is 9.89. The molecule has 1 aliphatic heterocycles. The molecule has 4 rings (SSSR count). The fraction of sp³-hybridized carbons (Fsp3) is 0.429. The number of rotatable bonds is 11. The first kappa shape index (κ1) is 30.9. The smallest absolute Gasteiger partial charge is 0.252 e. The molecule has 0 radical (unpaired) electrons. The van der Waals surface area contributed by atoms with Crippen molar-refractivity contribution in [3.8, 4) is 0 Å². The number of carbonyl (C=O) groups is 3. The van der Waals surface area contributed by atoms with Crippen molar-refractivity contribution >= 4 is 23.4 Å². The number of unbranched alkanes of at least 4 members (excludes halogenated alkanes) is 2. The molecule has 3 aromatic rings. The van der Waals surface area contributed by atoms with Crippen LogP contribution in [0.25, 0.3) is 0 Å². The number of nitrogens with one attached hydrogen (secondary N) is 2. The highest BCUT2D eigenvalue weighted by molar-refractivity contribution is 5.99. The number of piperidine rings is 1. The molecule has 7 heteroatoms. The molecule has 0 bridgehead atoms. The number of benzene rings is 2. The monoisotopic (exact) mass is 568 g/mol. The largest absolute Gasteiger partial charge is 0.336 e. The zero-order valence-electron chi connectivity index (χ0n) is 25.1. The minimum Gasteiger partial charge on any atom is -0.336 e. The Bertz CT molecular complexity index is 1320. The molecule has 2 atom stereocenters. The lowest BCUT2D eigenvalue weighted by molar-refractivity contribution is -0.137. The molecule has 1 aromatic heterocycles. The van der Waals surface area contributed by atoms with Crippen LogP contribution >= 0.6 is 0 Å². The quantitative estimate of drug-likeness (QED) is 0.239. The molecule has 0 spiro atoms. The van der Waals surface area contributed by atoms with E-state index >= 15 is 0 Å². The maximum Gasteiger partial charge on any atom is 0.252 e. The molecule has 7 nitrogen and oxygen atoms in total. The maximum atomic E-state index is 14.1. The molecule has 0 unspecified atom stereocenters. The average molecular weight is 569 g/mol. The number of anilines is 1. The summed E-state index contributed by atoms with van der Waals surface area (Å²) < 4.78 is 0. The van der Waals surface area contributed by atoms with E-state index in [0.29, 0.717) is 29.6 Å². The van der Waals surface area contributed by atoms with Gasteiger partial charge in [-0.3, -0.25) is 19.4 Å². The van der Waals surface area contributed by atoms with Gasteiger partial charge in [-0.1, -0.05) is 76.1 Å². The molecule has 2 N–H and O–H groups in total. The standard InChI is InChI=1S/C35H44N4O3/c1-35(2,3)21-10-5-8-20-31(40)37-29-18-12-16-27(24-29)33(41)38-32(26-14-6-4-7-15-26)34(42)39-23-11-9-19-30(39)28-17-13-22-36-25-28/h4,6-7,12-18,22,24-25,30,32H,5,8-11,19-21,23H2,1-3H3,(H,37,40)(H,38,41)/t30-,32+/m1/s1. The van der Waals surface area contributed by atoms with Crippen LogP contribution in [0.2, 0.25) is 0 Å². The van der Waals surface area contributed by atoms with E-state index < -0.39 is 6.04 Å². The van der Waals surface area contributed by atoms with E-state index in [1.54, 1.807) is 30.5 Å². The predicted molar refractivity (Wildman–Crippen MR) is 167 cm³/mol. The van der Waals surface area contributed by atoms with Crippen LogP contribution in [0.5, 0.6) is 0 Å². The summed E-state index contributed by atoms with van der Waals surface area (Å²) in [5, 5.41) is 5.93. The van der Waals surface area contributed by atoms with Gasteiger partial charge in [0.15, 0.2) is 0 Å². The Morgan fingerprint density at radius 2 is 1.76 bits per heavy atom. The van der Waals surface area contributed by atoms with Crippen molar-refractivity contribution in [3.63, 3.8) is 0 Å². The number of pyridine rings is 1. The maximum absolute atomic E-state index is 14.1. The van der Waals surface area contributed by atoms with Crippen molar-refractivity contribution in [3.05, 3.63) is 95.8 Å². The van der Waals surface area contributed by atoms with Gasteiger partial charge in [0.25, 0.3) is 5.91 Å². The zero-order valence-corrected chi connectivity index (χ0v) is 25.1. The molecule has 0 aliphatic carbocycles. The second kappa shape index (κ2) is 14.8. The Labute approximate surface area is 250 Å². The number of nitrogens with zero attached hydrogens (tertiary/aromatic N) is 2. The van der Waals surface area contributed by atoms with Gasteiger partial charge in [0.1, 0.15) is 6.04 Å². The Kier molecular flexibility index (Phi) is 10.9. The summed E-state index contributed by atoms with van der Waals surface area (Å²) in [7, 11) is 0. The third-order valence-corrected chi connectivity index (χ3v) is 7.75. The Morgan fingerprint density at radius 3 is 2.50 bits per heavy atom. The van der Waals surface area contributed by atoms with Gasteiger partial charge in [0.05, 0.1) is 6.04 Å². The Balaban J connectivity index is 1.44. The molecule has 0 saturated carbocycles. The molecular weight excluding hydrogens is 524 g/mol. The number of likely N-dealkylation sites (tertiary alicyclic amines) is 1. The summed E-state index contributed by atoms with van der Waals surface area (Å²) in [5.41, 5.74) is 2.98. The highest BCUT2D eigenvalue weighted by atomic mass is 16.2. The van der Waals surface area contributed by atoms with Crippen LogP contribution in [-0.4, -0.2) is 34.2 Å². The van der Waals surface area contributed by atoms with Crippen molar-refractivity contribution in [1.82, 2.24) is 15.2 Å². The van der Waals surface area contributed by atoms with Gasteiger partial charge >= 0.3 is 0 Å². The van der Waals surface area contributed by atoms with Crippen LogP contribution < -0.4 is 10.6 Å². The number of aromatic nitrogens is 1. The van der Waals surface area contributed by atoms with Crippen molar-refractivity contribution in [2.75, 3.05) is 11.9 Å². The van der Waals surface area contributed by atoms with Gasteiger partial charge in [-0.15, -0.1) is 0 Å². The van der Waals surface area contributed by atoms with Crippen molar-refractivity contribution in [2.24, 2.45) is 5.41 Å². The van der Waals surface area contributed by atoms with Crippen LogP contribution in [0.4, 0.5) is 5.69 Å². The van der Waals surface area contributed by atoms with E-state index in [9.17, 15) is 14.4 Å². The fourth-order valence-electron chi connectivity index (χ4n) is 5.51. The molecule has 1 saturated heterocycles. The Hall–Kier alpha value is -4.00. The van der Waals surface area contributed by atoms with Crippen molar-refractivity contribution in [2.45, 2.75) is 84.2 Å². The van der Waals surface area contributed by atoms with Gasteiger partial charge < -0.3 is 15.5 Å². The van der Waals surface area contributed by atoms with Gasteiger partial charge in [-0.25, -0.2) is 0 Å². The van der Waals surface area contributed by atoms with E-state index in [1.165, 1.54) is 0 Å². The van der Waals surface area contributed by atoms with Gasteiger partial charge in [-0.2, -0.15) is 0 Å². The normalized spacial score (nSPS) is 16.0. The van der Waals surface area contributed by atoms with Gasteiger partial charge in [0, 0.05) is 36.6 Å². The van der Waals surface area contributed by atoms with Gasteiger partial charge in [-0.05, 0) is 72.9 Å². The summed E-state index contributed by atoms with van der Waals surface area (Å²) in [4.78, 5) is 46.3. The van der Waals surface area contributed by atoms with Gasteiger partial charge in [0.2, 0.25) is 11.8 Å². The van der Waals surface area contributed by atoms with Crippen LogP contribution in [0.1, 0.15) is 106 Å². The molecule has 42 heavy (non-hydrogen) atoms. The van der Waals surface area contributed by atoms with E-state index in [0.717, 1.165) is 56.1 Å². The van der Waals surface area contributed by atoms with Crippen LogP contribution in [-0.2, 0) is 9.59 Å². The lowest BCUT2D eigenvalue weighted by Crippen LogP contribution is -2.46. The number of carbonyl (C=O) groups excluding carboxylic acids is 3. The van der Waals surface area contributed by atoms with Crippen LogP contribution in [0, 0.1) is 5.41 Å². The lowest BCUT2D eigenvalue weighted by Gasteiger charge is -2.38. The second-order valence-corrected chi connectivity index (χ2v) is 12.4. The summed E-state index contributed by atoms with van der Waals surface area (Å²) in [5.74, 6) is -0.573. The van der Waals surface area contributed by atoms with E-state index in [1.807, 2.05) is 53.6 Å². The van der Waals surface area contributed by atoms with E-state index in [4.69, 9.17) is 0 Å². The number of hydrogen-bond donors (Lipinski definition) is 2. The number of amides is 3. The summed E-state index contributed by atoms with van der Waals surface area (Å²) in [6, 6.07) is 19.2. The zero-order chi connectivity index (χ0) is 30.0. The van der Waals surface area contributed by atoms with E-state index in [2.05, 4.69) is 36.4 Å². The molecule has 1 aliphatic rings. The highest BCUT2D eigenvalue weighted by Gasteiger charge is 2.34. The minimum atomic E-state index is -0.845. The molecule has 1 fully saturated rings. The number of hydrogen-bond acceptors (Lipinski definition) is 4. The second-order valence-electron chi connectivity index (χ2n) is 12.4. The summed E-state index contributed by atoms with van der Waals surface area (Å²) in [6.07, 6.45) is 10.9. The average Bonchev–Trinajstić information content (AvgIpc) is 2.99. The third-order valence-electron chi connectivity index (χ3n) is 7.75. The topological polar surface area (TPSA) is 91.4 Å². The molecule has 3 amide bonds. The molecular formula is C35H44N4O3. The molecule has 222 valence electrons. The minimum absolute atomic E-state index is 0.0628. The SMILES string of the molecule is CC(C)(C)CCCCCC(=O)Nc1cccc(C(=O)N[C@H](C(=O)N2CCCC[C@@H]2c2cccnc2)c2ccccc2)c1. The van der Waals surface area contributed by atoms with Crippen molar-refractivity contribution < 1.29 is 14.4 Å². The third kappa shape index (κ3) is 9.00. The highest BCUT2D eigenvalue weighted by Crippen LogP contribution is 2.33. The first-order chi connectivity index (χ1) is 20.2. The molecule has 2 aromatic carbocycles. The first-order valence-corrected chi connectivity index (χ1v) is 15.2. The first-order valence-electron chi connectivity index (χ1n) is 15.2.